The first-order valence-corrected chi connectivity index (χ1v) is 15.8. The molecule has 0 unspecified atom stereocenters. The average Bonchev–Trinajstić information content (AvgIpc) is 3.67. The predicted molar refractivity (Wildman–Crippen MR) is 199 cm³/mol. The van der Waals surface area contributed by atoms with Gasteiger partial charge in [-0.15, -0.1) is 0 Å². The molecule has 0 aliphatic carbocycles. The van der Waals surface area contributed by atoms with Crippen molar-refractivity contribution in [3.63, 3.8) is 0 Å². The molecule has 9 aromatic rings. The van der Waals surface area contributed by atoms with E-state index in [0.717, 1.165) is 66.5 Å². The van der Waals surface area contributed by atoms with Crippen LogP contribution in [0, 0.1) is 13.1 Å². The van der Waals surface area contributed by atoms with Gasteiger partial charge in [-0.05, 0) is 59.2 Å². The minimum absolute atomic E-state index is 0.586. The fourth-order valence-electron chi connectivity index (χ4n) is 7.31. The van der Waals surface area contributed by atoms with Crippen LogP contribution in [0.1, 0.15) is 0 Å². The zero-order valence-corrected chi connectivity index (χ0v) is 25.8. The molecule has 0 atom stereocenters. The van der Waals surface area contributed by atoms with Gasteiger partial charge in [-0.3, -0.25) is 0 Å². The highest BCUT2D eigenvalue weighted by atomic mass is 15.0. The van der Waals surface area contributed by atoms with Gasteiger partial charge < -0.3 is 9.13 Å². The van der Waals surface area contributed by atoms with E-state index < -0.39 is 0 Å². The number of para-hydroxylation sites is 4. The van der Waals surface area contributed by atoms with E-state index in [9.17, 15) is 0 Å². The molecule has 0 spiro atoms. The Morgan fingerprint density at radius 3 is 1.52 bits per heavy atom. The molecule has 4 heteroatoms. The summed E-state index contributed by atoms with van der Waals surface area (Å²) in [6.45, 7) is 15.9. The van der Waals surface area contributed by atoms with Gasteiger partial charge in [0.25, 0.3) is 0 Å². The van der Waals surface area contributed by atoms with Gasteiger partial charge in [0, 0.05) is 38.3 Å². The van der Waals surface area contributed by atoms with E-state index in [2.05, 4.69) is 128 Å². The van der Waals surface area contributed by atoms with Crippen molar-refractivity contribution in [3.8, 4) is 33.6 Å². The summed E-state index contributed by atoms with van der Waals surface area (Å²) in [6.07, 6.45) is 0. The Balaban J connectivity index is 1.30. The van der Waals surface area contributed by atoms with E-state index in [-0.39, 0.29) is 0 Å². The molecular formula is C44H26N4. The molecule has 0 saturated heterocycles. The molecule has 0 aliphatic rings. The van der Waals surface area contributed by atoms with Crippen LogP contribution in [-0.4, -0.2) is 9.13 Å². The Labute approximate surface area is 277 Å². The third kappa shape index (κ3) is 4.07. The van der Waals surface area contributed by atoms with Crippen LogP contribution in [0.3, 0.4) is 0 Å². The Hall–Kier alpha value is -6.88. The molecule has 0 saturated carbocycles. The van der Waals surface area contributed by atoms with Crippen molar-refractivity contribution in [2.45, 2.75) is 0 Å². The summed E-state index contributed by atoms with van der Waals surface area (Å²) in [5, 5.41) is 4.65. The normalized spacial score (nSPS) is 11.3. The lowest BCUT2D eigenvalue weighted by Crippen LogP contribution is -1.98. The van der Waals surface area contributed by atoms with Crippen LogP contribution in [-0.2, 0) is 0 Å². The van der Waals surface area contributed by atoms with E-state index in [1.807, 2.05) is 48.5 Å². The molecule has 4 nitrogen and oxygen atoms in total. The fraction of sp³-hybridized carbons (Fsp3) is 0. The maximum atomic E-state index is 8.19. The van der Waals surface area contributed by atoms with Gasteiger partial charge in [0.2, 0.25) is 0 Å². The monoisotopic (exact) mass is 610 g/mol. The first kappa shape index (κ1) is 27.4. The van der Waals surface area contributed by atoms with Crippen molar-refractivity contribution in [3.05, 3.63) is 181 Å². The summed E-state index contributed by atoms with van der Waals surface area (Å²) in [6, 6.07) is 54.3. The van der Waals surface area contributed by atoms with Crippen molar-refractivity contribution >= 4 is 55.0 Å². The molecule has 9 rings (SSSR count). The zero-order chi connectivity index (χ0) is 32.2. The fourth-order valence-corrected chi connectivity index (χ4v) is 7.31. The number of nitrogens with zero attached hydrogens (tertiary/aromatic N) is 4. The summed E-state index contributed by atoms with van der Waals surface area (Å²) in [5.74, 6) is 0. The Morgan fingerprint density at radius 1 is 0.375 bits per heavy atom. The van der Waals surface area contributed by atoms with Crippen molar-refractivity contribution in [2.24, 2.45) is 0 Å². The first-order chi connectivity index (χ1) is 23.7. The quantitative estimate of drug-likeness (QED) is 0.177. The van der Waals surface area contributed by atoms with Crippen LogP contribution in [0.15, 0.2) is 158 Å². The van der Waals surface area contributed by atoms with Crippen LogP contribution < -0.4 is 0 Å². The molecular weight excluding hydrogens is 585 g/mol. The van der Waals surface area contributed by atoms with E-state index in [1.54, 1.807) is 0 Å². The van der Waals surface area contributed by atoms with E-state index in [0.29, 0.717) is 11.4 Å². The van der Waals surface area contributed by atoms with E-state index in [1.165, 1.54) is 10.8 Å². The van der Waals surface area contributed by atoms with Gasteiger partial charge >= 0.3 is 0 Å². The van der Waals surface area contributed by atoms with Crippen LogP contribution in [0.25, 0.3) is 86.9 Å². The molecule has 7 aromatic carbocycles. The van der Waals surface area contributed by atoms with Crippen LogP contribution >= 0.6 is 0 Å². The van der Waals surface area contributed by atoms with Crippen molar-refractivity contribution in [1.29, 1.82) is 0 Å². The van der Waals surface area contributed by atoms with E-state index >= 15 is 0 Å². The molecule has 2 aromatic heterocycles. The standard InChI is InChI=1S/C44H26N4/c1-45-29-23-25-37-36-18-6-9-19-40(36)47(44(37)27-29)30-24-26-39(46-2)38(28-30)32-14-4-3-13-31(32)33-15-5-10-20-41(33)48-42-21-11-7-16-34(42)35-17-8-12-22-43(35)48/h3-28H. The number of fused-ring (bicyclic) bond motifs is 6. The second kappa shape index (κ2) is 10.9. The maximum absolute atomic E-state index is 8.19. The highest BCUT2D eigenvalue weighted by Gasteiger charge is 2.20. The summed E-state index contributed by atoms with van der Waals surface area (Å²) >= 11 is 0. The topological polar surface area (TPSA) is 18.6 Å². The van der Waals surface area contributed by atoms with Gasteiger partial charge in [-0.25, -0.2) is 9.69 Å². The van der Waals surface area contributed by atoms with Crippen molar-refractivity contribution < 1.29 is 0 Å². The largest absolute Gasteiger partial charge is 0.311 e. The Kier molecular flexibility index (Phi) is 6.22. The number of hydrogen-bond donors (Lipinski definition) is 0. The van der Waals surface area contributed by atoms with Crippen LogP contribution in [0.4, 0.5) is 11.4 Å². The molecule has 0 fully saturated rings. The molecule has 0 aliphatic heterocycles. The minimum atomic E-state index is 0.586. The maximum Gasteiger partial charge on any atom is 0.195 e. The molecule has 0 radical (unpaired) electrons. The van der Waals surface area contributed by atoms with Crippen molar-refractivity contribution in [1.82, 2.24) is 9.13 Å². The third-order valence-corrected chi connectivity index (χ3v) is 9.38. The van der Waals surface area contributed by atoms with Gasteiger partial charge in [0.05, 0.1) is 35.4 Å². The molecule has 48 heavy (non-hydrogen) atoms. The minimum Gasteiger partial charge on any atom is -0.311 e. The van der Waals surface area contributed by atoms with Gasteiger partial charge in [-0.2, -0.15) is 0 Å². The summed E-state index contributed by atoms with van der Waals surface area (Å²) in [5.41, 5.74) is 11.5. The Bertz CT molecular complexity index is 2760. The van der Waals surface area contributed by atoms with Crippen LogP contribution in [0.5, 0.6) is 0 Å². The molecule has 2 heterocycles. The van der Waals surface area contributed by atoms with Gasteiger partial charge in [0.15, 0.2) is 11.4 Å². The van der Waals surface area contributed by atoms with Crippen LogP contribution in [0.2, 0.25) is 0 Å². The predicted octanol–water partition coefficient (Wildman–Crippen LogP) is 12.3. The summed E-state index contributed by atoms with van der Waals surface area (Å²) in [4.78, 5) is 7.73. The first-order valence-electron chi connectivity index (χ1n) is 15.8. The highest BCUT2D eigenvalue weighted by molar-refractivity contribution is 6.11. The van der Waals surface area contributed by atoms with Gasteiger partial charge in [0.1, 0.15) is 0 Å². The highest BCUT2D eigenvalue weighted by Crippen LogP contribution is 2.43. The van der Waals surface area contributed by atoms with E-state index in [4.69, 9.17) is 13.1 Å². The lowest BCUT2D eigenvalue weighted by molar-refractivity contribution is 1.18. The number of hydrogen-bond acceptors (Lipinski definition) is 0. The molecule has 0 N–H and O–H groups in total. The zero-order valence-electron chi connectivity index (χ0n) is 25.8. The smallest absolute Gasteiger partial charge is 0.195 e. The number of rotatable bonds is 4. The second-order valence-corrected chi connectivity index (χ2v) is 11.9. The Morgan fingerprint density at radius 2 is 0.896 bits per heavy atom. The third-order valence-electron chi connectivity index (χ3n) is 9.38. The van der Waals surface area contributed by atoms with Crippen molar-refractivity contribution in [2.75, 3.05) is 0 Å². The lowest BCUT2D eigenvalue weighted by atomic mass is 9.92. The lowest BCUT2D eigenvalue weighted by Gasteiger charge is -2.18. The second-order valence-electron chi connectivity index (χ2n) is 11.9. The number of aromatic nitrogens is 2. The summed E-state index contributed by atoms with van der Waals surface area (Å²) < 4.78 is 4.57. The molecule has 222 valence electrons. The van der Waals surface area contributed by atoms with Gasteiger partial charge in [-0.1, -0.05) is 115 Å². The summed E-state index contributed by atoms with van der Waals surface area (Å²) in [7, 11) is 0. The average molecular weight is 611 g/mol. The molecule has 0 bridgehead atoms. The number of benzene rings is 7. The SMILES string of the molecule is [C-]#[N+]c1ccc2c3ccccc3n(-c3ccc([N+]#[C-])c(-c4ccccc4-c4ccccc4-n4c5ccccc5c5ccccc54)c3)c2c1. The molecule has 0 amide bonds.